The van der Waals surface area contributed by atoms with E-state index in [0.29, 0.717) is 0 Å². The van der Waals surface area contributed by atoms with E-state index in [1.165, 1.54) is 0 Å². The van der Waals surface area contributed by atoms with Crippen LogP contribution in [0.15, 0.2) is 24.3 Å². The summed E-state index contributed by atoms with van der Waals surface area (Å²) in [6.45, 7) is 8.36. The van der Waals surface area contributed by atoms with Gasteiger partial charge in [0.15, 0.2) is 0 Å². The molecule has 1 heterocycles. The smallest absolute Gasteiger partial charge is 0.251 e. The number of hydrogen-bond acceptors (Lipinski definition) is 3. The molecule has 1 N–H and O–H groups in total. The van der Waals surface area contributed by atoms with Crippen molar-refractivity contribution in [2.45, 2.75) is 19.9 Å². The van der Waals surface area contributed by atoms with Crippen LogP contribution in [0.1, 0.15) is 22.8 Å². The summed E-state index contributed by atoms with van der Waals surface area (Å²) in [6, 6.07) is 7.82. The number of amides is 1. The third-order valence-electron chi connectivity index (χ3n) is 3.40. The van der Waals surface area contributed by atoms with Gasteiger partial charge in [0.25, 0.3) is 5.91 Å². The van der Waals surface area contributed by atoms with Crippen molar-refractivity contribution in [2.24, 2.45) is 0 Å². The first-order valence-electron chi connectivity index (χ1n) is 6.83. The van der Waals surface area contributed by atoms with E-state index in [1.54, 1.807) is 0 Å². The molecule has 1 unspecified atom stereocenters. The predicted molar refractivity (Wildman–Crippen MR) is 75.4 cm³/mol. The molecule has 0 aromatic heterocycles. The van der Waals surface area contributed by atoms with Gasteiger partial charge in [-0.25, -0.2) is 0 Å². The lowest BCUT2D eigenvalue weighted by Gasteiger charge is -2.29. The Hall–Kier alpha value is -1.39. The van der Waals surface area contributed by atoms with Gasteiger partial charge in [0, 0.05) is 31.2 Å². The highest BCUT2D eigenvalue weighted by Crippen LogP contribution is 2.07. The van der Waals surface area contributed by atoms with Gasteiger partial charge in [-0.15, -0.1) is 0 Å². The van der Waals surface area contributed by atoms with Crippen LogP contribution in [0.5, 0.6) is 0 Å². The van der Waals surface area contributed by atoms with Crippen molar-refractivity contribution in [1.29, 1.82) is 0 Å². The normalized spacial score (nSPS) is 18.0. The second kappa shape index (κ2) is 6.68. The lowest BCUT2D eigenvalue weighted by Crippen LogP contribution is -2.46. The first-order chi connectivity index (χ1) is 9.16. The largest absolute Gasteiger partial charge is 0.379 e. The van der Waals surface area contributed by atoms with Gasteiger partial charge >= 0.3 is 0 Å². The first-order valence-corrected chi connectivity index (χ1v) is 6.83. The van der Waals surface area contributed by atoms with Crippen molar-refractivity contribution in [3.63, 3.8) is 0 Å². The highest BCUT2D eigenvalue weighted by molar-refractivity contribution is 5.95. The SMILES string of the molecule is Cc1ccccc1C(=O)NC(C)CN1CCOCC1. The zero-order valence-electron chi connectivity index (χ0n) is 11.7. The number of nitrogens with zero attached hydrogens (tertiary/aromatic N) is 1. The molecule has 4 nitrogen and oxygen atoms in total. The molecule has 1 atom stereocenters. The van der Waals surface area contributed by atoms with Crippen LogP contribution >= 0.6 is 0 Å². The van der Waals surface area contributed by atoms with E-state index in [0.717, 1.165) is 44.0 Å². The minimum atomic E-state index is 0.0128. The molecule has 1 fully saturated rings. The Morgan fingerprint density at radius 1 is 1.37 bits per heavy atom. The third kappa shape index (κ3) is 4.04. The molecule has 0 spiro atoms. The van der Waals surface area contributed by atoms with Crippen LogP contribution in [0.25, 0.3) is 0 Å². The quantitative estimate of drug-likeness (QED) is 0.893. The maximum Gasteiger partial charge on any atom is 0.251 e. The molecule has 1 aromatic carbocycles. The van der Waals surface area contributed by atoms with Crippen LogP contribution < -0.4 is 5.32 Å². The maximum absolute atomic E-state index is 12.2. The van der Waals surface area contributed by atoms with E-state index in [4.69, 9.17) is 4.74 Å². The standard InChI is InChI=1S/C15H22N2O2/c1-12-5-3-4-6-14(12)15(18)16-13(2)11-17-7-9-19-10-8-17/h3-6,13H,7-11H2,1-2H3,(H,16,18). The number of hydrogen-bond donors (Lipinski definition) is 1. The highest BCUT2D eigenvalue weighted by Gasteiger charge is 2.16. The minimum Gasteiger partial charge on any atom is -0.379 e. The molecule has 0 radical (unpaired) electrons. The molecule has 1 aromatic rings. The number of carbonyl (C=O) groups is 1. The fraction of sp³-hybridized carbons (Fsp3) is 0.533. The second-order valence-corrected chi connectivity index (χ2v) is 5.10. The second-order valence-electron chi connectivity index (χ2n) is 5.10. The van der Waals surface area contributed by atoms with Gasteiger partial charge in [0.2, 0.25) is 0 Å². The molecular formula is C15H22N2O2. The number of ether oxygens (including phenoxy) is 1. The van der Waals surface area contributed by atoms with Gasteiger partial charge in [0.05, 0.1) is 13.2 Å². The van der Waals surface area contributed by atoms with E-state index in [1.807, 2.05) is 38.1 Å². The van der Waals surface area contributed by atoms with Crippen molar-refractivity contribution in [2.75, 3.05) is 32.8 Å². The first kappa shape index (κ1) is 14.0. The fourth-order valence-electron chi connectivity index (χ4n) is 2.35. The number of nitrogens with one attached hydrogen (secondary N) is 1. The summed E-state index contributed by atoms with van der Waals surface area (Å²) < 4.78 is 5.32. The summed E-state index contributed by atoms with van der Waals surface area (Å²) in [7, 11) is 0. The number of benzene rings is 1. The molecule has 0 bridgehead atoms. The molecule has 19 heavy (non-hydrogen) atoms. The molecule has 1 amide bonds. The van der Waals surface area contributed by atoms with Crippen LogP contribution in [0.3, 0.4) is 0 Å². The van der Waals surface area contributed by atoms with Crippen molar-refractivity contribution in [1.82, 2.24) is 10.2 Å². The maximum atomic E-state index is 12.2. The highest BCUT2D eigenvalue weighted by atomic mass is 16.5. The molecular weight excluding hydrogens is 240 g/mol. The zero-order valence-corrected chi connectivity index (χ0v) is 11.7. The van der Waals surface area contributed by atoms with Crippen LogP contribution in [0.4, 0.5) is 0 Å². The average Bonchev–Trinajstić information content (AvgIpc) is 2.40. The molecule has 1 aliphatic rings. The molecule has 4 heteroatoms. The lowest BCUT2D eigenvalue weighted by atomic mass is 10.1. The van der Waals surface area contributed by atoms with Crippen molar-refractivity contribution < 1.29 is 9.53 Å². The van der Waals surface area contributed by atoms with E-state index in [9.17, 15) is 4.79 Å². The van der Waals surface area contributed by atoms with Gasteiger partial charge in [-0.05, 0) is 25.5 Å². The third-order valence-corrected chi connectivity index (χ3v) is 3.40. The summed E-state index contributed by atoms with van der Waals surface area (Å²) in [4.78, 5) is 14.5. The lowest BCUT2D eigenvalue weighted by molar-refractivity contribution is 0.0342. The Kier molecular flexibility index (Phi) is 4.93. The zero-order chi connectivity index (χ0) is 13.7. The van der Waals surface area contributed by atoms with Gasteiger partial charge < -0.3 is 10.1 Å². The number of carbonyl (C=O) groups excluding carboxylic acids is 1. The molecule has 0 saturated carbocycles. The Bertz CT molecular complexity index is 428. The predicted octanol–water partition coefficient (Wildman–Crippen LogP) is 1.45. The van der Waals surface area contributed by atoms with Crippen molar-refractivity contribution in [3.8, 4) is 0 Å². The molecule has 0 aliphatic carbocycles. The summed E-state index contributed by atoms with van der Waals surface area (Å²) in [5.74, 6) is 0.0128. The van der Waals surface area contributed by atoms with Crippen LogP contribution in [-0.2, 0) is 4.74 Å². The van der Waals surface area contributed by atoms with Gasteiger partial charge in [-0.2, -0.15) is 0 Å². The van der Waals surface area contributed by atoms with Crippen molar-refractivity contribution >= 4 is 5.91 Å². The summed E-state index contributed by atoms with van der Waals surface area (Å²) in [6.07, 6.45) is 0. The van der Waals surface area contributed by atoms with Crippen molar-refractivity contribution in [3.05, 3.63) is 35.4 Å². The van der Waals surface area contributed by atoms with E-state index >= 15 is 0 Å². The minimum absolute atomic E-state index is 0.0128. The number of morpholine rings is 1. The topological polar surface area (TPSA) is 41.6 Å². The summed E-state index contributed by atoms with van der Waals surface area (Å²) in [5, 5.41) is 3.06. The van der Waals surface area contributed by atoms with Crippen LogP contribution in [0, 0.1) is 6.92 Å². The fourth-order valence-corrected chi connectivity index (χ4v) is 2.35. The van der Waals surface area contributed by atoms with Gasteiger partial charge in [-0.1, -0.05) is 18.2 Å². The average molecular weight is 262 g/mol. The van der Waals surface area contributed by atoms with Crippen LogP contribution in [-0.4, -0.2) is 49.7 Å². The Morgan fingerprint density at radius 3 is 2.74 bits per heavy atom. The Morgan fingerprint density at radius 2 is 2.05 bits per heavy atom. The number of aryl methyl sites for hydroxylation is 1. The van der Waals surface area contributed by atoms with E-state index < -0.39 is 0 Å². The van der Waals surface area contributed by atoms with E-state index in [2.05, 4.69) is 10.2 Å². The summed E-state index contributed by atoms with van der Waals surface area (Å²) >= 11 is 0. The molecule has 1 aliphatic heterocycles. The molecule has 1 saturated heterocycles. The summed E-state index contributed by atoms with van der Waals surface area (Å²) in [5.41, 5.74) is 1.77. The van der Waals surface area contributed by atoms with Gasteiger partial charge in [0.1, 0.15) is 0 Å². The number of rotatable bonds is 4. The Labute approximate surface area is 114 Å². The van der Waals surface area contributed by atoms with Crippen LogP contribution in [0.2, 0.25) is 0 Å². The molecule has 104 valence electrons. The monoisotopic (exact) mass is 262 g/mol. The molecule has 2 rings (SSSR count). The Balaban J connectivity index is 1.86. The van der Waals surface area contributed by atoms with Gasteiger partial charge in [-0.3, -0.25) is 9.69 Å². The van der Waals surface area contributed by atoms with E-state index in [-0.39, 0.29) is 11.9 Å².